The van der Waals surface area contributed by atoms with Gasteiger partial charge in [0.2, 0.25) is 0 Å². The summed E-state index contributed by atoms with van der Waals surface area (Å²) < 4.78 is 4.63. The molecule has 0 spiro atoms. The lowest BCUT2D eigenvalue weighted by Crippen LogP contribution is -2.02. The van der Waals surface area contributed by atoms with Crippen LogP contribution in [0.4, 0.5) is 0 Å². The van der Waals surface area contributed by atoms with Gasteiger partial charge in [-0.2, -0.15) is 0 Å². The van der Waals surface area contributed by atoms with Crippen molar-refractivity contribution in [1.29, 1.82) is 0 Å². The summed E-state index contributed by atoms with van der Waals surface area (Å²) in [6.07, 6.45) is 2.14. The molecule has 6 nitrogen and oxygen atoms in total. The van der Waals surface area contributed by atoms with Crippen LogP contribution in [0.2, 0.25) is 0 Å². The molecule has 0 aromatic carbocycles. The van der Waals surface area contributed by atoms with Crippen LogP contribution in [0.1, 0.15) is 26.2 Å². The fourth-order valence-corrected chi connectivity index (χ4v) is 0.659. The number of ether oxygens (including phenoxy) is 1. The molecule has 0 bridgehead atoms. The molecule has 0 atom stereocenters. The zero-order valence-electron chi connectivity index (χ0n) is 9.85. The molecular weight excluding hydrogens is 228 g/mol. The molecule has 0 aliphatic heterocycles. The lowest BCUT2D eigenvalue weighted by Gasteiger charge is -1.98. The number of esters is 1. The lowest BCUT2D eigenvalue weighted by molar-refractivity contribution is -0.140. The highest BCUT2D eigenvalue weighted by atomic mass is 16.5. The summed E-state index contributed by atoms with van der Waals surface area (Å²) in [4.78, 5) is 29.8. The number of ketones is 1. The molecule has 0 radical (unpaired) electrons. The van der Waals surface area contributed by atoms with Gasteiger partial charge in [-0.15, -0.1) is 0 Å². The average molecular weight is 246 g/mol. The van der Waals surface area contributed by atoms with Gasteiger partial charge in [0.25, 0.3) is 0 Å². The second kappa shape index (κ2) is 12.4. The fraction of sp³-hybridized carbons (Fsp3) is 0.545. The molecule has 0 aliphatic rings. The van der Waals surface area contributed by atoms with Gasteiger partial charge in [0.15, 0.2) is 0 Å². The molecular formula is C11H18O6. The average Bonchev–Trinajstić information content (AvgIpc) is 2.23. The minimum absolute atomic E-state index is 0.144. The summed E-state index contributed by atoms with van der Waals surface area (Å²) in [5.41, 5.74) is 0. The predicted molar refractivity (Wildman–Crippen MR) is 60.4 cm³/mol. The number of hydrogen-bond acceptors (Lipinski definition) is 5. The Morgan fingerprint density at radius 2 is 1.88 bits per heavy atom. The Morgan fingerprint density at radius 1 is 1.29 bits per heavy atom. The van der Waals surface area contributed by atoms with Crippen molar-refractivity contribution >= 4 is 17.7 Å². The number of hydrogen-bond donors (Lipinski definition) is 2. The molecule has 0 saturated heterocycles. The molecule has 0 rings (SSSR count). The van der Waals surface area contributed by atoms with Gasteiger partial charge in [-0.25, -0.2) is 4.79 Å². The highest BCUT2D eigenvalue weighted by Crippen LogP contribution is 1.88. The third-order valence-corrected chi connectivity index (χ3v) is 1.36. The molecule has 0 fully saturated rings. The summed E-state index contributed by atoms with van der Waals surface area (Å²) in [6, 6.07) is 0. The van der Waals surface area contributed by atoms with E-state index >= 15 is 0 Å². The van der Waals surface area contributed by atoms with E-state index in [1.807, 2.05) is 0 Å². The Labute approximate surface area is 99.9 Å². The Morgan fingerprint density at radius 3 is 2.18 bits per heavy atom. The van der Waals surface area contributed by atoms with Crippen molar-refractivity contribution in [3.05, 3.63) is 12.7 Å². The van der Waals surface area contributed by atoms with E-state index in [2.05, 4.69) is 11.3 Å². The Balaban J connectivity index is 0. The zero-order chi connectivity index (χ0) is 13.7. The Hall–Kier alpha value is -1.69. The van der Waals surface area contributed by atoms with Crippen molar-refractivity contribution in [3.63, 3.8) is 0 Å². The van der Waals surface area contributed by atoms with Gasteiger partial charge in [-0.05, 0) is 19.8 Å². The largest absolute Gasteiger partial charge is 0.481 e. The quantitative estimate of drug-likeness (QED) is 0.294. The second-order valence-corrected chi connectivity index (χ2v) is 3.07. The molecule has 17 heavy (non-hydrogen) atoms. The van der Waals surface area contributed by atoms with Crippen molar-refractivity contribution in [3.8, 4) is 0 Å². The van der Waals surface area contributed by atoms with Crippen molar-refractivity contribution in [1.82, 2.24) is 0 Å². The fourth-order valence-electron chi connectivity index (χ4n) is 0.659. The first-order valence-corrected chi connectivity index (χ1v) is 5.05. The van der Waals surface area contributed by atoms with Gasteiger partial charge >= 0.3 is 11.9 Å². The molecule has 0 unspecified atom stereocenters. The van der Waals surface area contributed by atoms with Crippen LogP contribution in [0, 0.1) is 0 Å². The van der Waals surface area contributed by atoms with Gasteiger partial charge in [0.1, 0.15) is 12.2 Å². The maximum Gasteiger partial charge on any atom is 0.330 e. The number of aliphatic hydroxyl groups is 1. The van der Waals surface area contributed by atoms with E-state index in [9.17, 15) is 14.4 Å². The minimum atomic E-state index is -1.06. The lowest BCUT2D eigenvalue weighted by atomic mass is 10.3. The SMILES string of the molecule is C=CC(=O)OCCCCO.CC(=O)CC(=O)O. The van der Waals surface area contributed by atoms with E-state index in [0.29, 0.717) is 19.4 Å². The molecule has 2 N–H and O–H groups in total. The number of carboxylic acid groups (broad SMARTS) is 1. The van der Waals surface area contributed by atoms with E-state index in [0.717, 1.165) is 6.08 Å². The van der Waals surface area contributed by atoms with Crippen LogP contribution in [0.5, 0.6) is 0 Å². The van der Waals surface area contributed by atoms with Crippen molar-refractivity contribution in [2.75, 3.05) is 13.2 Å². The second-order valence-electron chi connectivity index (χ2n) is 3.07. The molecule has 0 aliphatic carbocycles. The van der Waals surface area contributed by atoms with Crippen molar-refractivity contribution in [2.45, 2.75) is 26.2 Å². The Bertz CT molecular complexity index is 247. The first kappa shape index (κ1) is 17.7. The maximum atomic E-state index is 10.4. The first-order valence-electron chi connectivity index (χ1n) is 5.05. The van der Waals surface area contributed by atoms with Gasteiger partial charge < -0.3 is 14.9 Å². The van der Waals surface area contributed by atoms with Crippen LogP contribution < -0.4 is 0 Å². The van der Waals surface area contributed by atoms with Gasteiger partial charge in [-0.1, -0.05) is 6.58 Å². The van der Waals surface area contributed by atoms with E-state index in [1.54, 1.807) is 0 Å². The molecule has 0 amide bonds. The highest BCUT2D eigenvalue weighted by Gasteiger charge is 1.98. The number of Topliss-reactive ketones (excluding diaryl/α,β-unsaturated/α-hetero) is 1. The van der Waals surface area contributed by atoms with Crippen LogP contribution in [0.15, 0.2) is 12.7 Å². The van der Waals surface area contributed by atoms with Gasteiger partial charge in [-0.3, -0.25) is 9.59 Å². The summed E-state index contributed by atoms with van der Waals surface area (Å²) >= 11 is 0. The van der Waals surface area contributed by atoms with E-state index in [-0.39, 0.29) is 18.8 Å². The normalized spacial score (nSPS) is 8.59. The Kier molecular flexibility index (Phi) is 12.9. The summed E-state index contributed by atoms with van der Waals surface area (Å²) in [5, 5.41) is 16.2. The predicted octanol–water partition coefficient (Wildman–Crippen LogP) is 0.538. The zero-order valence-corrected chi connectivity index (χ0v) is 9.85. The maximum absolute atomic E-state index is 10.4. The minimum Gasteiger partial charge on any atom is -0.481 e. The third-order valence-electron chi connectivity index (χ3n) is 1.36. The number of carbonyl (C=O) groups is 3. The standard InChI is InChI=1S/C7H12O3.C4H6O3/c1-2-7(9)10-6-4-3-5-8;1-3(5)2-4(6)7/h2,8H,1,3-6H2;2H2,1H3,(H,6,7). The van der Waals surface area contributed by atoms with Crippen LogP contribution >= 0.6 is 0 Å². The van der Waals surface area contributed by atoms with E-state index in [4.69, 9.17) is 10.2 Å². The monoisotopic (exact) mass is 246 g/mol. The molecule has 0 aromatic rings. The topological polar surface area (TPSA) is 101 Å². The van der Waals surface area contributed by atoms with Crippen LogP contribution in [0.3, 0.4) is 0 Å². The molecule has 6 heteroatoms. The summed E-state index contributed by atoms with van der Waals surface area (Å²) in [5.74, 6) is -1.78. The van der Waals surface area contributed by atoms with Gasteiger partial charge in [0, 0.05) is 12.7 Å². The van der Waals surface area contributed by atoms with Crippen molar-refractivity contribution < 1.29 is 29.3 Å². The number of carboxylic acids is 1. The smallest absolute Gasteiger partial charge is 0.330 e. The van der Waals surface area contributed by atoms with Gasteiger partial charge in [0.05, 0.1) is 6.61 Å². The molecule has 0 aromatic heterocycles. The number of aliphatic hydroxyl groups excluding tert-OH is 1. The molecule has 0 saturated carbocycles. The van der Waals surface area contributed by atoms with Crippen LogP contribution in [-0.2, 0) is 19.1 Å². The van der Waals surface area contributed by atoms with Crippen molar-refractivity contribution in [2.24, 2.45) is 0 Å². The number of rotatable bonds is 7. The molecule has 0 heterocycles. The highest BCUT2D eigenvalue weighted by molar-refractivity contribution is 5.93. The van der Waals surface area contributed by atoms with Crippen LogP contribution in [-0.4, -0.2) is 41.1 Å². The van der Waals surface area contributed by atoms with Crippen LogP contribution in [0.25, 0.3) is 0 Å². The third kappa shape index (κ3) is 20.4. The first-order chi connectivity index (χ1) is 7.93. The number of carbonyl (C=O) groups excluding carboxylic acids is 2. The summed E-state index contributed by atoms with van der Waals surface area (Å²) in [6.45, 7) is 4.99. The number of unbranched alkanes of at least 4 members (excludes halogenated alkanes) is 1. The number of aliphatic carboxylic acids is 1. The van der Waals surface area contributed by atoms with E-state index < -0.39 is 11.9 Å². The summed E-state index contributed by atoms with van der Waals surface area (Å²) in [7, 11) is 0. The molecule has 98 valence electrons. The van der Waals surface area contributed by atoms with E-state index in [1.165, 1.54) is 6.92 Å².